The molecule has 0 aromatic rings. The molecule has 0 radical (unpaired) electrons. The molecule has 0 fully saturated rings. The zero-order valence-corrected chi connectivity index (χ0v) is 15.1. The lowest BCUT2D eigenvalue weighted by atomic mass is 10.1. The first-order valence-electron chi connectivity index (χ1n) is 8.23. The van der Waals surface area contributed by atoms with E-state index in [1.807, 2.05) is 0 Å². The summed E-state index contributed by atoms with van der Waals surface area (Å²) in [4.78, 5) is 67.7. The first kappa shape index (κ1) is 24.8. The third kappa shape index (κ3) is 10.7. The van der Waals surface area contributed by atoms with Gasteiger partial charge in [0, 0.05) is 12.8 Å². The number of hydrogen-bond acceptors (Lipinski definition) is 7. The zero-order valence-electron chi connectivity index (χ0n) is 15.1. The Labute approximate surface area is 159 Å². The zero-order chi connectivity index (χ0) is 21.9. The standard InChI is InChI=1S/C15H24N4O9/c1-7(13(26)17-6-12(24)25)18-15(28)9(3-5-11(22)23)19-14(27)8(16)2-4-10(20)21/h7-9H,2-6,16H2,1H3,(H,17,26)(H,18,28)(H,19,27)(H,20,21)(H,22,23)(H,24,25). The van der Waals surface area contributed by atoms with Crippen molar-refractivity contribution in [3.05, 3.63) is 0 Å². The normalized spacial score (nSPS) is 13.5. The lowest BCUT2D eigenvalue weighted by Crippen LogP contribution is -2.55. The van der Waals surface area contributed by atoms with Crippen LogP contribution >= 0.6 is 0 Å². The van der Waals surface area contributed by atoms with E-state index in [0.717, 1.165) is 0 Å². The maximum Gasteiger partial charge on any atom is 0.322 e. The van der Waals surface area contributed by atoms with Crippen molar-refractivity contribution in [2.24, 2.45) is 5.73 Å². The van der Waals surface area contributed by atoms with E-state index in [1.165, 1.54) is 6.92 Å². The second-order valence-corrected chi connectivity index (χ2v) is 5.87. The SMILES string of the molecule is CC(NC(=O)C(CCC(=O)O)NC(=O)C(N)CCC(=O)O)C(=O)NCC(=O)O. The fraction of sp³-hybridized carbons (Fsp3) is 0.600. The highest BCUT2D eigenvalue weighted by Crippen LogP contribution is 2.02. The van der Waals surface area contributed by atoms with Gasteiger partial charge in [-0.3, -0.25) is 28.8 Å². The summed E-state index contributed by atoms with van der Waals surface area (Å²) < 4.78 is 0. The molecule has 0 spiro atoms. The Bertz CT molecular complexity index is 623. The van der Waals surface area contributed by atoms with Gasteiger partial charge in [0.05, 0.1) is 6.04 Å². The minimum Gasteiger partial charge on any atom is -0.481 e. The highest BCUT2D eigenvalue weighted by atomic mass is 16.4. The van der Waals surface area contributed by atoms with Gasteiger partial charge in [-0.15, -0.1) is 0 Å². The molecular formula is C15H24N4O9. The molecule has 28 heavy (non-hydrogen) atoms. The van der Waals surface area contributed by atoms with Crippen molar-refractivity contribution < 1.29 is 44.1 Å². The van der Waals surface area contributed by atoms with E-state index in [2.05, 4.69) is 16.0 Å². The quantitative estimate of drug-likeness (QED) is 0.167. The smallest absolute Gasteiger partial charge is 0.322 e. The molecule has 0 aliphatic rings. The van der Waals surface area contributed by atoms with E-state index < -0.39 is 66.7 Å². The van der Waals surface area contributed by atoms with E-state index in [0.29, 0.717) is 0 Å². The third-order valence-corrected chi connectivity index (χ3v) is 3.45. The number of nitrogens with one attached hydrogen (secondary N) is 3. The summed E-state index contributed by atoms with van der Waals surface area (Å²) in [5.41, 5.74) is 5.54. The molecule has 0 aliphatic heterocycles. The van der Waals surface area contributed by atoms with Crippen LogP contribution in [-0.2, 0) is 28.8 Å². The lowest BCUT2D eigenvalue weighted by molar-refractivity contribution is -0.139. The van der Waals surface area contributed by atoms with Crippen LogP contribution < -0.4 is 21.7 Å². The van der Waals surface area contributed by atoms with E-state index in [4.69, 9.17) is 21.1 Å². The van der Waals surface area contributed by atoms with Crippen molar-refractivity contribution >= 4 is 35.6 Å². The van der Waals surface area contributed by atoms with Gasteiger partial charge in [0.15, 0.2) is 0 Å². The number of rotatable bonds is 13. The minimum absolute atomic E-state index is 0.192. The Morgan fingerprint density at radius 3 is 1.82 bits per heavy atom. The molecule has 158 valence electrons. The number of carboxylic acids is 3. The van der Waals surface area contributed by atoms with Crippen molar-refractivity contribution in [1.29, 1.82) is 0 Å². The van der Waals surface area contributed by atoms with Crippen LogP contribution in [0.3, 0.4) is 0 Å². The number of carbonyl (C=O) groups is 6. The highest BCUT2D eigenvalue weighted by Gasteiger charge is 2.27. The van der Waals surface area contributed by atoms with Gasteiger partial charge in [0.2, 0.25) is 17.7 Å². The fourth-order valence-corrected chi connectivity index (χ4v) is 1.92. The Kier molecular flexibility index (Phi) is 10.8. The lowest BCUT2D eigenvalue weighted by Gasteiger charge is -2.22. The van der Waals surface area contributed by atoms with Crippen LogP contribution in [0, 0.1) is 0 Å². The van der Waals surface area contributed by atoms with Gasteiger partial charge in [-0.25, -0.2) is 0 Å². The topological polar surface area (TPSA) is 225 Å². The minimum atomic E-state index is -1.34. The van der Waals surface area contributed by atoms with Gasteiger partial charge in [-0.05, 0) is 19.8 Å². The predicted molar refractivity (Wildman–Crippen MR) is 91.9 cm³/mol. The molecule has 8 N–H and O–H groups in total. The number of carboxylic acid groups (broad SMARTS) is 3. The van der Waals surface area contributed by atoms with E-state index in [1.54, 1.807) is 0 Å². The number of aliphatic carboxylic acids is 3. The number of hydrogen-bond donors (Lipinski definition) is 7. The molecule has 13 heteroatoms. The van der Waals surface area contributed by atoms with Crippen LogP contribution in [0.1, 0.15) is 32.6 Å². The summed E-state index contributed by atoms with van der Waals surface area (Å²) in [5, 5.41) is 32.4. The number of nitrogens with two attached hydrogens (primary N) is 1. The number of amides is 3. The monoisotopic (exact) mass is 404 g/mol. The van der Waals surface area contributed by atoms with Gasteiger partial charge in [0.25, 0.3) is 0 Å². The Morgan fingerprint density at radius 1 is 0.786 bits per heavy atom. The summed E-state index contributed by atoms with van der Waals surface area (Å²) in [5.74, 6) is -6.20. The Balaban J connectivity index is 4.92. The van der Waals surface area contributed by atoms with Crippen LogP contribution in [0.5, 0.6) is 0 Å². The summed E-state index contributed by atoms with van der Waals surface area (Å²) in [7, 11) is 0. The van der Waals surface area contributed by atoms with Crippen molar-refractivity contribution in [3.8, 4) is 0 Å². The molecule has 0 saturated carbocycles. The average molecular weight is 404 g/mol. The summed E-state index contributed by atoms with van der Waals surface area (Å²) >= 11 is 0. The molecule has 0 aromatic carbocycles. The van der Waals surface area contributed by atoms with Crippen molar-refractivity contribution in [3.63, 3.8) is 0 Å². The van der Waals surface area contributed by atoms with Crippen molar-refractivity contribution in [2.45, 2.75) is 50.7 Å². The van der Waals surface area contributed by atoms with Gasteiger partial charge < -0.3 is 37.0 Å². The molecule has 3 amide bonds. The molecular weight excluding hydrogens is 380 g/mol. The second kappa shape index (κ2) is 12.2. The maximum absolute atomic E-state index is 12.3. The van der Waals surface area contributed by atoms with Crippen LogP contribution in [-0.4, -0.2) is 75.6 Å². The molecule has 0 bridgehead atoms. The van der Waals surface area contributed by atoms with E-state index in [9.17, 15) is 28.8 Å². The third-order valence-electron chi connectivity index (χ3n) is 3.45. The largest absolute Gasteiger partial charge is 0.481 e. The summed E-state index contributed by atoms with van der Waals surface area (Å²) in [6.07, 6.45) is -1.34. The average Bonchev–Trinajstić information content (AvgIpc) is 2.60. The van der Waals surface area contributed by atoms with Crippen molar-refractivity contribution in [1.82, 2.24) is 16.0 Å². The Morgan fingerprint density at radius 2 is 1.32 bits per heavy atom. The summed E-state index contributed by atoms with van der Waals surface area (Å²) in [6.45, 7) is 0.612. The van der Waals surface area contributed by atoms with Gasteiger partial charge in [-0.1, -0.05) is 0 Å². The van der Waals surface area contributed by atoms with Crippen molar-refractivity contribution in [2.75, 3.05) is 6.54 Å². The molecule has 13 nitrogen and oxygen atoms in total. The van der Waals surface area contributed by atoms with E-state index in [-0.39, 0.29) is 19.3 Å². The van der Waals surface area contributed by atoms with Crippen LogP contribution in [0.15, 0.2) is 0 Å². The highest BCUT2D eigenvalue weighted by molar-refractivity contribution is 5.93. The maximum atomic E-state index is 12.3. The van der Waals surface area contributed by atoms with E-state index >= 15 is 0 Å². The van der Waals surface area contributed by atoms with Crippen LogP contribution in [0.25, 0.3) is 0 Å². The Hall–Kier alpha value is -3.22. The molecule has 3 unspecified atom stereocenters. The molecule has 0 heterocycles. The first-order valence-corrected chi connectivity index (χ1v) is 8.23. The molecule has 0 saturated heterocycles. The van der Waals surface area contributed by atoms with Gasteiger partial charge >= 0.3 is 17.9 Å². The molecule has 0 rings (SSSR count). The molecule has 0 aliphatic carbocycles. The molecule has 0 aromatic heterocycles. The fourth-order valence-electron chi connectivity index (χ4n) is 1.92. The van der Waals surface area contributed by atoms with Crippen LogP contribution in [0.2, 0.25) is 0 Å². The second-order valence-electron chi connectivity index (χ2n) is 5.87. The first-order chi connectivity index (χ1) is 12.9. The predicted octanol–water partition coefficient (Wildman–Crippen LogP) is -2.77. The number of carbonyl (C=O) groups excluding carboxylic acids is 3. The van der Waals surface area contributed by atoms with Gasteiger partial charge in [-0.2, -0.15) is 0 Å². The summed E-state index contributed by atoms with van der Waals surface area (Å²) in [6, 6.07) is -3.72. The van der Waals surface area contributed by atoms with Crippen LogP contribution in [0.4, 0.5) is 0 Å². The molecule has 3 atom stereocenters. The van der Waals surface area contributed by atoms with Gasteiger partial charge in [0.1, 0.15) is 18.6 Å².